The molecule has 5 aromatic rings. The summed E-state index contributed by atoms with van der Waals surface area (Å²) in [5, 5.41) is 27.1. The van der Waals surface area contributed by atoms with Crippen LogP contribution >= 0.6 is 7.82 Å². The molecule has 0 aliphatic carbocycles. The van der Waals surface area contributed by atoms with Gasteiger partial charge in [0.25, 0.3) is 0 Å². The van der Waals surface area contributed by atoms with Gasteiger partial charge in [-0.25, -0.2) is 19.5 Å². The van der Waals surface area contributed by atoms with E-state index in [0.29, 0.717) is 22.7 Å². The zero-order valence-electron chi connectivity index (χ0n) is 21.8. The SMILES string of the molecule is Cc1cccc2c1OP(=O)(OCC1O[C@@H](n3cnc4c(Nc5cccc6ccccc56)ncnc43)[C@H](O)[C@@H]1O)OC2. The van der Waals surface area contributed by atoms with Crippen LogP contribution in [0.4, 0.5) is 11.5 Å². The molecule has 0 amide bonds. The Labute approximate surface area is 234 Å². The largest absolute Gasteiger partial charge is 0.530 e. The van der Waals surface area contributed by atoms with Crippen LogP contribution in [0.3, 0.4) is 0 Å². The van der Waals surface area contributed by atoms with Gasteiger partial charge in [0.1, 0.15) is 30.4 Å². The number of imidazole rings is 1. The van der Waals surface area contributed by atoms with Crippen molar-refractivity contribution in [1.82, 2.24) is 19.5 Å². The summed E-state index contributed by atoms with van der Waals surface area (Å²) in [5.41, 5.74) is 3.25. The van der Waals surface area contributed by atoms with Crippen LogP contribution in [-0.4, -0.2) is 54.7 Å². The summed E-state index contributed by atoms with van der Waals surface area (Å²) >= 11 is 0. The van der Waals surface area contributed by atoms with Gasteiger partial charge in [-0.05, 0) is 23.9 Å². The minimum absolute atomic E-state index is 0.0590. The number of nitrogens with one attached hydrogen (secondary N) is 1. The number of phosphoric acid groups is 1. The van der Waals surface area contributed by atoms with Crippen molar-refractivity contribution in [2.75, 3.05) is 11.9 Å². The first-order valence-corrected chi connectivity index (χ1v) is 14.5. The van der Waals surface area contributed by atoms with E-state index >= 15 is 0 Å². The van der Waals surface area contributed by atoms with Gasteiger partial charge in [0.05, 0.1) is 19.5 Å². The molecule has 0 saturated carbocycles. The van der Waals surface area contributed by atoms with Crippen molar-refractivity contribution in [3.8, 4) is 5.75 Å². The van der Waals surface area contributed by atoms with E-state index in [1.165, 1.54) is 17.2 Å². The number of para-hydroxylation sites is 1. The first kappa shape index (κ1) is 26.0. The predicted octanol–water partition coefficient (Wildman–Crippen LogP) is 4.38. The maximum absolute atomic E-state index is 13.1. The third-order valence-electron chi connectivity index (χ3n) is 7.28. The molecule has 0 spiro atoms. The Balaban J connectivity index is 1.10. The van der Waals surface area contributed by atoms with E-state index in [4.69, 9.17) is 18.3 Å². The number of aliphatic hydroxyl groups excluding tert-OH is 2. The second kappa shape index (κ2) is 10.2. The minimum atomic E-state index is -3.97. The van der Waals surface area contributed by atoms with Crippen molar-refractivity contribution in [3.05, 3.63) is 84.4 Å². The highest BCUT2D eigenvalue weighted by atomic mass is 31.2. The average Bonchev–Trinajstić information content (AvgIpc) is 3.54. The topological polar surface area (TPSA) is 150 Å². The van der Waals surface area contributed by atoms with E-state index in [1.807, 2.05) is 67.6 Å². The summed E-state index contributed by atoms with van der Waals surface area (Å²) in [6.45, 7) is 1.55. The number of phosphoric ester groups is 1. The molecule has 2 aliphatic rings. The third-order valence-corrected chi connectivity index (χ3v) is 8.60. The first-order valence-electron chi connectivity index (χ1n) is 13.0. The standard InChI is InChI=1S/C28H26N5O7P/c1-16-6-4-9-18-12-37-41(36,40-25(16)18)38-13-21-23(34)24(35)28(39-21)33-15-31-22-26(29-14-30-27(22)33)32-20-11-5-8-17-7-2-3-10-19(17)20/h2-11,14-15,21,23-24,28,34-35H,12-13H2,1H3,(H,29,30,32)/t21?,23-,24-,28-,41?/m1/s1. The molecular formula is C28H26N5O7P. The monoisotopic (exact) mass is 575 g/mol. The Morgan fingerprint density at radius 1 is 1.05 bits per heavy atom. The number of ether oxygens (including phenoxy) is 1. The van der Waals surface area contributed by atoms with E-state index in [2.05, 4.69) is 20.3 Å². The van der Waals surface area contributed by atoms with Gasteiger partial charge in [0, 0.05) is 16.6 Å². The van der Waals surface area contributed by atoms with Gasteiger partial charge in [-0.1, -0.05) is 54.6 Å². The van der Waals surface area contributed by atoms with Crippen molar-refractivity contribution < 1.29 is 33.1 Å². The number of aliphatic hydroxyl groups is 2. The highest BCUT2D eigenvalue weighted by Gasteiger charge is 2.46. The first-order chi connectivity index (χ1) is 19.9. The van der Waals surface area contributed by atoms with Gasteiger partial charge < -0.3 is 24.8 Å². The van der Waals surface area contributed by atoms with Gasteiger partial charge >= 0.3 is 7.82 Å². The van der Waals surface area contributed by atoms with Crippen LogP contribution in [0.15, 0.2) is 73.3 Å². The summed E-state index contributed by atoms with van der Waals surface area (Å²) in [6, 6.07) is 19.4. The Morgan fingerprint density at radius 2 is 1.88 bits per heavy atom. The lowest BCUT2D eigenvalue weighted by molar-refractivity contribution is -0.0516. The van der Waals surface area contributed by atoms with Crippen LogP contribution in [0.5, 0.6) is 5.75 Å². The molecule has 2 unspecified atom stereocenters. The van der Waals surface area contributed by atoms with Crippen LogP contribution < -0.4 is 9.84 Å². The number of benzene rings is 3. The molecule has 41 heavy (non-hydrogen) atoms. The number of aryl methyl sites for hydroxylation is 1. The molecule has 1 fully saturated rings. The van der Waals surface area contributed by atoms with E-state index in [0.717, 1.165) is 27.6 Å². The molecule has 4 heterocycles. The van der Waals surface area contributed by atoms with Crippen molar-refractivity contribution in [3.63, 3.8) is 0 Å². The average molecular weight is 576 g/mol. The van der Waals surface area contributed by atoms with E-state index < -0.39 is 32.4 Å². The molecule has 3 aromatic carbocycles. The highest BCUT2D eigenvalue weighted by molar-refractivity contribution is 7.49. The molecule has 0 radical (unpaired) electrons. The second-order valence-electron chi connectivity index (χ2n) is 9.92. The zero-order valence-corrected chi connectivity index (χ0v) is 22.7. The summed E-state index contributed by atoms with van der Waals surface area (Å²) in [4.78, 5) is 13.2. The summed E-state index contributed by atoms with van der Waals surface area (Å²) in [7, 11) is -3.97. The summed E-state index contributed by atoms with van der Waals surface area (Å²) < 4.78 is 37.1. The van der Waals surface area contributed by atoms with Crippen LogP contribution in [-0.2, 0) is 25.0 Å². The van der Waals surface area contributed by atoms with Crippen molar-refractivity contribution in [2.45, 2.75) is 38.1 Å². The maximum atomic E-state index is 13.1. The number of aromatic nitrogens is 4. The van der Waals surface area contributed by atoms with Crippen LogP contribution in [0, 0.1) is 6.92 Å². The van der Waals surface area contributed by atoms with Crippen LogP contribution in [0.25, 0.3) is 21.9 Å². The Bertz CT molecular complexity index is 1810. The molecule has 3 N–H and O–H groups in total. The molecule has 5 atom stereocenters. The Kier molecular flexibility index (Phi) is 6.46. The van der Waals surface area contributed by atoms with Crippen molar-refractivity contribution >= 4 is 41.3 Å². The van der Waals surface area contributed by atoms with Gasteiger partial charge in [-0.3, -0.25) is 13.6 Å². The molecule has 1 saturated heterocycles. The highest BCUT2D eigenvalue weighted by Crippen LogP contribution is 2.55. The van der Waals surface area contributed by atoms with Crippen molar-refractivity contribution in [1.29, 1.82) is 0 Å². The molecule has 13 heteroatoms. The molecule has 0 bridgehead atoms. The molecule has 7 rings (SSSR count). The fourth-order valence-corrected chi connectivity index (χ4v) is 6.45. The van der Waals surface area contributed by atoms with E-state index in [1.54, 1.807) is 0 Å². The normalized spacial score (nSPS) is 25.7. The van der Waals surface area contributed by atoms with E-state index in [-0.39, 0.29) is 13.2 Å². The van der Waals surface area contributed by atoms with E-state index in [9.17, 15) is 14.8 Å². The van der Waals surface area contributed by atoms with Gasteiger partial charge in [-0.15, -0.1) is 0 Å². The zero-order chi connectivity index (χ0) is 28.1. The maximum Gasteiger partial charge on any atom is 0.530 e. The molecule has 12 nitrogen and oxygen atoms in total. The second-order valence-corrected chi connectivity index (χ2v) is 11.5. The fraction of sp³-hybridized carbons (Fsp3) is 0.250. The number of hydrogen-bond donors (Lipinski definition) is 3. The lowest BCUT2D eigenvalue weighted by Gasteiger charge is -2.27. The smallest absolute Gasteiger partial charge is 0.403 e. The number of hydrogen-bond acceptors (Lipinski definition) is 11. The molecular weight excluding hydrogens is 549 g/mol. The van der Waals surface area contributed by atoms with Gasteiger partial charge in [0.2, 0.25) is 0 Å². The fourth-order valence-electron chi connectivity index (χ4n) is 5.16. The number of anilines is 2. The number of rotatable bonds is 6. The summed E-state index contributed by atoms with van der Waals surface area (Å²) in [6.07, 6.45) is -1.91. The van der Waals surface area contributed by atoms with Gasteiger partial charge in [0.15, 0.2) is 23.2 Å². The molecule has 2 aliphatic heterocycles. The van der Waals surface area contributed by atoms with Crippen molar-refractivity contribution in [2.24, 2.45) is 0 Å². The van der Waals surface area contributed by atoms with Gasteiger partial charge in [-0.2, -0.15) is 0 Å². The molecule has 210 valence electrons. The summed E-state index contributed by atoms with van der Waals surface area (Å²) in [5.74, 6) is 0.920. The third kappa shape index (κ3) is 4.64. The lowest BCUT2D eigenvalue weighted by atomic mass is 10.1. The number of nitrogens with zero attached hydrogens (tertiary/aromatic N) is 4. The lowest BCUT2D eigenvalue weighted by Crippen LogP contribution is -2.34. The Hall–Kier alpha value is -3.90. The number of fused-ring (bicyclic) bond motifs is 3. The van der Waals surface area contributed by atoms with Crippen LogP contribution in [0.2, 0.25) is 0 Å². The van der Waals surface area contributed by atoms with Crippen LogP contribution in [0.1, 0.15) is 17.4 Å². The molecule has 2 aromatic heterocycles. The quantitative estimate of drug-likeness (QED) is 0.248. The minimum Gasteiger partial charge on any atom is -0.403 e. The Morgan fingerprint density at radius 3 is 2.78 bits per heavy atom. The predicted molar refractivity (Wildman–Crippen MR) is 149 cm³/mol.